The Kier molecular flexibility index (Phi) is 6.79. The second-order valence-corrected chi connectivity index (χ2v) is 8.71. The topological polar surface area (TPSA) is 116 Å². The summed E-state index contributed by atoms with van der Waals surface area (Å²) in [6.45, 7) is 0.832. The number of imidazole rings is 2. The SMILES string of the molecule is O=[N+]([O-])Oc1nccn1-c1ccc(OCC2COC(Cn3ccnc3)(c3ccc(Cl)cc3Cl)O2)cc1. The minimum absolute atomic E-state index is 0.153. The van der Waals surface area contributed by atoms with E-state index in [-0.39, 0.29) is 25.3 Å². The van der Waals surface area contributed by atoms with Crippen LogP contribution in [0.4, 0.5) is 0 Å². The van der Waals surface area contributed by atoms with Gasteiger partial charge in [-0.1, -0.05) is 29.3 Å². The van der Waals surface area contributed by atoms with E-state index in [1.807, 2.05) is 10.8 Å². The summed E-state index contributed by atoms with van der Waals surface area (Å²) in [6.07, 6.45) is 7.74. The van der Waals surface area contributed by atoms with Gasteiger partial charge in [0, 0.05) is 41.1 Å². The molecule has 186 valence electrons. The standard InChI is InChI=1S/C23H19Cl2N5O6/c24-16-1-6-20(21(25)11-16)23(14-28-9-7-26-15-28)34-13-19(35-23)12-33-18-4-2-17(3-5-18)29-10-8-27-22(29)36-30(31)32/h1-11,15,19H,12-14H2. The smallest absolute Gasteiger partial charge is 0.302 e. The average molecular weight is 532 g/mol. The number of halogens is 2. The summed E-state index contributed by atoms with van der Waals surface area (Å²) < 4.78 is 21.8. The summed E-state index contributed by atoms with van der Waals surface area (Å²) in [5, 5.41) is 10.7. The molecule has 36 heavy (non-hydrogen) atoms. The summed E-state index contributed by atoms with van der Waals surface area (Å²) in [7, 11) is 0. The molecule has 0 radical (unpaired) electrons. The lowest BCUT2D eigenvalue weighted by molar-refractivity contribution is -0.713. The van der Waals surface area contributed by atoms with E-state index in [0.29, 0.717) is 33.6 Å². The highest BCUT2D eigenvalue weighted by molar-refractivity contribution is 6.35. The largest absolute Gasteiger partial charge is 0.491 e. The van der Waals surface area contributed by atoms with E-state index in [1.165, 1.54) is 10.8 Å². The molecular weight excluding hydrogens is 513 g/mol. The minimum atomic E-state index is -1.14. The van der Waals surface area contributed by atoms with Gasteiger partial charge in [0.2, 0.25) is 5.79 Å². The summed E-state index contributed by atoms with van der Waals surface area (Å²) in [6, 6.07) is 11.9. The van der Waals surface area contributed by atoms with Crippen LogP contribution in [0, 0.1) is 10.1 Å². The maximum Gasteiger partial charge on any atom is 0.302 e. The Bertz CT molecular complexity index is 1350. The van der Waals surface area contributed by atoms with Gasteiger partial charge < -0.3 is 18.8 Å². The van der Waals surface area contributed by atoms with Crippen LogP contribution in [0.5, 0.6) is 11.8 Å². The maximum atomic E-state index is 10.6. The highest BCUT2D eigenvalue weighted by Crippen LogP contribution is 2.40. The van der Waals surface area contributed by atoms with Gasteiger partial charge in [0.15, 0.2) is 0 Å². The van der Waals surface area contributed by atoms with E-state index < -0.39 is 10.9 Å². The monoisotopic (exact) mass is 531 g/mol. The van der Waals surface area contributed by atoms with Gasteiger partial charge in [0.1, 0.15) is 18.5 Å². The van der Waals surface area contributed by atoms with E-state index in [0.717, 1.165) is 0 Å². The van der Waals surface area contributed by atoms with E-state index in [4.69, 9.17) is 37.4 Å². The molecule has 0 amide bonds. The van der Waals surface area contributed by atoms with Crippen molar-refractivity contribution < 1.29 is 24.1 Å². The van der Waals surface area contributed by atoms with Crippen LogP contribution >= 0.6 is 23.2 Å². The van der Waals surface area contributed by atoms with Crippen LogP contribution in [0.15, 0.2) is 73.6 Å². The molecule has 0 saturated carbocycles. The third-order valence-corrected chi connectivity index (χ3v) is 6.01. The van der Waals surface area contributed by atoms with Gasteiger partial charge in [-0.15, -0.1) is 10.1 Å². The molecule has 1 aliphatic heterocycles. The molecule has 13 heteroatoms. The molecule has 4 aromatic rings. The molecule has 2 atom stereocenters. The van der Waals surface area contributed by atoms with Crippen LogP contribution in [0.3, 0.4) is 0 Å². The zero-order valence-corrected chi connectivity index (χ0v) is 20.1. The van der Waals surface area contributed by atoms with Crippen LogP contribution in [0.1, 0.15) is 5.56 Å². The fourth-order valence-corrected chi connectivity index (χ4v) is 4.44. The molecule has 1 fully saturated rings. The number of nitrogens with zero attached hydrogens (tertiary/aromatic N) is 5. The molecule has 3 heterocycles. The van der Waals surface area contributed by atoms with Gasteiger partial charge >= 0.3 is 5.09 Å². The van der Waals surface area contributed by atoms with Crippen molar-refractivity contribution in [3.05, 3.63) is 99.3 Å². The molecule has 1 aliphatic rings. The number of hydrogen-bond donors (Lipinski definition) is 0. The number of aromatic nitrogens is 4. The van der Waals surface area contributed by atoms with Crippen LogP contribution in [-0.2, 0) is 21.8 Å². The first-order chi connectivity index (χ1) is 17.4. The van der Waals surface area contributed by atoms with Crippen molar-refractivity contribution in [1.29, 1.82) is 0 Å². The van der Waals surface area contributed by atoms with Crippen LogP contribution < -0.4 is 9.57 Å². The van der Waals surface area contributed by atoms with Crippen LogP contribution in [0.2, 0.25) is 10.0 Å². The molecule has 2 aromatic heterocycles. The molecular formula is C23H19Cl2N5O6. The maximum absolute atomic E-state index is 10.6. The fourth-order valence-electron chi connectivity index (χ4n) is 3.89. The minimum Gasteiger partial charge on any atom is -0.491 e. The number of benzene rings is 2. The first-order valence-electron chi connectivity index (χ1n) is 10.7. The Morgan fingerprint density at radius 2 is 2.00 bits per heavy atom. The lowest BCUT2D eigenvalue weighted by atomic mass is 10.1. The van der Waals surface area contributed by atoms with Gasteiger partial charge in [-0.2, -0.15) is 0 Å². The molecule has 0 bridgehead atoms. The number of ether oxygens (including phenoxy) is 3. The molecule has 2 unspecified atom stereocenters. The van der Waals surface area contributed by atoms with Crippen LogP contribution in [-0.4, -0.2) is 43.5 Å². The summed E-state index contributed by atoms with van der Waals surface area (Å²) in [5.41, 5.74) is 1.27. The summed E-state index contributed by atoms with van der Waals surface area (Å²) in [4.78, 5) is 23.1. The highest BCUT2D eigenvalue weighted by atomic mass is 35.5. The molecule has 1 saturated heterocycles. The summed E-state index contributed by atoms with van der Waals surface area (Å²) >= 11 is 12.6. The zero-order valence-electron chi connectivity index (χ0n) is 18.6. The van der Waals surface area contributed by atoms with Gasteiger partial charge in [0.25, 0.3) is 6.01 Å². The van der Waals surface area contributed by atoms with E-state index in [9.17, 15) is 10.1 Å². The predicted octanol–water partition coefficient (Wildman–Crippen LogP) is 4.29. The highest BCUT2D eigenvalue weighted by Gasteiger charge is 2.45. The van der Waals surface area contributed by atoms with Crippen molar-refractivity contribution in [3.63, 3.8) is 0 Å². The third kappa shape index (κ3) is 5.14. The van der Waals surface area contributed by atoms with Crippen molar-refractivity contribution in [1.82, 2.24) is 19.1 Å². The first-order valence-corrected chi connectivity index (χ1v) is 11.5. The third-order valence-electron chi connectivity index (χ3n) is 5.46. The second kappa shape index (κ2) is 10.2. The second-order valence-electron chi connectivity index (χ2n) is 7.86. The normalized spacial score (nSPS) is 19.3. The van der Waals surface area contributed by atoms with Crippen molar-refractivity contribution in [2.75, 3.05) is 13.2 Å². The van der Waals surface area contributed by atoms with Crippen molar-refractivity contribution >= 4 is 23.2 Å². The van der Waals surface area contributed by atoms with Gasteiger partial charge in [0.05, 0.1) is 24.5 Å². The molecule has 0 aliphatic carbocycles. The lowest BCUT2D eigenvalue weighted by Gasteiger charge is -2.30. The van der Waals surface area contributed by atoms with Gasteiger partial charge in [-0.3, -0.25) is 4.57 Å². The van der Waals surface area contributed by atoms with Crippen LogP contribution in [0.25, 0.3) is 5.69 Å². The Morgan fingerprint density at radius 1 is 1.17 bits per heavy atom. The van der Waals surface area contributed by atoms with E-state index in [2.05, 4.69) is 14.8 Å². The summed E-state index contributed by atoms with van der Waals surface area (Å²) in [5.74, 6) is -0.564. The van der Waals surface area contributed by atoms with E-state index in [1.54, 1.807) is 61.2 Å². The molecule has 5 rings (SSSR count). The Hall–Kier alpha value is -3.64. The van der Waals surface area contributed by atoms with Crippen molar-refractivity contribution in [3.8, 4) is 17.4 Å². The number of rotatable bonds is 9. The molecule has 0 spiro atoms. The first kappa shape index (κ1) is 24.1. The molecule has 2 aromatic carbocycles. The van der Waals surface area contributed by atoms with Gasteiger partial charge in [-0.25, -0.2) is 14.8 Å². The number of hydrogen-bond acceptors (Lipinski definition) is 8. The Labute approximate surface area is 214 Å². The van der Waals surface area contributed by atoms with Crippen molar-refractivity contribution in [2.24, 2.45) is 0 Å². The van der Waals surface area contributed by atoms with Gasteiger partial charge in [-0.05, 0) is 36.4 Å². The van der Waals surface area contributed by atoms with Crippen molar-refractivity contribution in [2.45, 2.75) is 18.4 Å². The zero-order chi connectivity index (χ0) is 25.1. The quantitative estimate of drug-likeness (QED) is 0.232. The average Bonchev–Trinajstić information content (AvgIpc) is 3.60. The van der Waals surface area contributed by atoms with E-state index >= 15 is 0 Å². The predicted molar refractivity (Wildman–Crippen MR) is 128 cm³/mol. The Morgan fingerprint density at radius 3 is 2.72 bits per heavy atom. The molecule has 0 N–H and O–H groups in total. The lowest BCUT2D eigenvalue weighted by Crippen LogP contribution is -2.34. The fraction of sp³-hybridized carbons (Fsp3) is 0.217. The Balaban J connectivity index is 1.27. The molecule has 11 nitrogen and oxygen atoms in total.